The Labute approximate surface area is 103 Å². The van der Waals surface area contributed by atoms with Gasteiger partial charge < -0.3 is 15.6 Å². The fourth-order valence-corrected chi connectivity index (χ4v) is 1.45. The normalized spacial score (nSPS) is 10.1. The summed E-state index contributed by atoms with van der Waals surface area (Å²) in [7, 11) is 0. The first-order valence-corrected chi connectivity index (χ1v) is 5.36. The van der Waals surface area contributed by atoms with Crippen molar-refractivity contribution < 1.29 is 19.6 Å². The van der Waals surface area contributed by atoms with Crippen molar-refractivity contribution in [1.82, 2.24) is 0 Å². The van der Waals surface area contributed by atoms with Crippen molar-refractivity contribution in [3.63, 3.8) is 0 Å². The SMILES string of the molecule is NCCCc1cc([N+](=O)[O-])ccc1OCC(=O)O. The topological polar surface area (TPSA) is 116 Å². The maximum atomic E-state index is 10.7. The minimum atomic E-state index is -1.10. The van der Waals surface area contributed by atoms with E-state index in [0.717, 1.165) is 0 Å². The number of non-ortho nitro benzene ring substituents is 1. The predicted molar refractivity (Wildman–Crippen MR) is 63.6 cm³/mol. The molecule has 18 heavy (non-hydrogen) atoms. The van der Waals surface area contributed by atoms with Crippen LogP contribution in [0.25, 0.3) is 0 Å². The third-order valence-electron chi connectivity index (χ3n) is 2.26. The van der Waals surface area contributed by atoms with Crippen molar-refractivity contribution >= 4 is 11.7 Å². The summed E-state index contributed by atoms with van der Waals surface area (Å²) >= 11 is 0. The second-order valence-electron chi connectivity index (χ2n) is 3.62. The molecule has 98 valence electrons. The number of aryl methyl sites for hydroxylation is 1. The van der Waals surface area contributed by atoms with Gasteiger partial charge in [-0.15, -0.1) is 0 Å². The fourth-order valence-electron chi connectivity index (χ4n) is 1.45. The molecule has 0 spiro atoms. The molecule has 0 aliphatic heterocycles. The van der Waals surface area contributed by atoms with Gasteiger partial charge in [-0.25, -0.2) is 4.79 Å². The second-order valence-corrected chi connectivity index (χ2v) is 3.62. The van der Waals surface area contributed by atoms with Gasteiger partial charge in [-0.05, 0) is 25.5 Å². The van der Waals surface area contributed by atoms with Crippen LogP contribution in [0.5, 0.6) is 5.75 Å². The van der Waals surface area contributed by atoms with E-state index < -0.39 is 17.5 Å². The molecule has 0 saturated heterocycles. The van der Waals surface area contributed by atoms with Crippen LogP contribution in [-0.4, -0.2) is 29.2 Å². The Hall–Kier alpha value is -2.15. The number of aliphatic carboxylic acids is 1. The van der Waals surface area contributed by atoms with Gasteiger partial charge in [-0.2, -0.15) is 0 Å². The summed E-state index contributed by atoms with van der Waals surface area (Å²) in [6.45, 7) is -0.0332. The molecule has 7 heteroatoms. The van der Waals surface area contributed by atoms with Crippen molar-refractivity contribution in [2.45, 2.75) is 12.8 Å². The summed E-state index contributed by atoms with van der Waals surface area (Å²) in [5, 5.41) is 19.2. The van der Waals surface area contributed by atoms with E-state index in [0.29, 0.717) is 30.7 Å². The zero-order valence-corrected chi connectivity index (χ0v) is 9.67. The Bertz CT molecular complexity index is 447. The summed E-state index contributed by atoms with van der Waals surface area (Å²) in [6, 6.07) is 4.07. The lowest BCUT2D eigenvalue weighted by molar-refractivity contribution is -0.384. The van der Waals surface area contributed by atoms with E-state index in [1.807, 2.05) is 0 Å². The predicted octanol–water partition coefficient (Wildman–Crippen LogP) is 0.949. The molecule has 1 aromatic carbocycles. The number of ether oxygens (including phenoxy) is 1. The summed E-state index contributed by atoms with van der Waals surface area (Å²) in [6.07, 6.45) is 1.15. The molecule has 0 aliphatic carbocycles. The molecule has 0 aromatic heterocycles. The summed E-state index contributed by atoms with van der Waals surface area (Å²) in [4.78, 5) is 20.6. The average molecular weight is 254 g/mol. The minimum absolute atomic E-state index is 0.0512. The van der Waals surface area contributed by atoms with Crippen LogP contribution < -0.4 is 10.5 Å². The molecule has 0 atom stereocenters. The lowest BCUT2D eigenvalue weighted by Gasteiger charge is -2.09. The van der Waals surface area contributed by atoms with Gasteiger partial charge in [-0.3, -0.25) is 10.1 Å². The second kappa shape index (κ2) is 6.55. The van der Waals surface area contributed by atoms with Crippen molar-refractivity contribution in [1.29, 1.82) is 0 Å². The highest BCUT2D eigenvalue weighted by atomic mass is 16.6. The highest BCUT2D eigenvalue weighted by Crippen LogP contribution is 2.25. The Morgan fingerprint density at radius 3 is 2.78 bits per heavy atom. The average Bonchev–Trinajstić information content (AvgIpc) is 2.33. The van der Waals surface area contributed by atoms with Crippen molar-refractivity contribution in [3.05, 3.63) is 33.9 Å². The zero-order chi connectivity index (χ0) is 13.5. The van der Waals surface area contributed by atoms with Gasteiger partial charge in [0.25, 0.3) is 5.69 Å². The van der Waals surface area contributed by atoms with Crippen LogP contribution in [0.3, 0.4) is 0 Å². The van der Waals surface area contributed by atoms with E-state index in [1.54, 1.807) is 0 Å². The van der Waals surface area contributed by atoms with Gasteiger partial charge in [-0.1, -0.05) is 0 Å². The number of carboxylic acid groups (broad SMARTS) is 1. The highest BCUT2D eigenvalue weighted by molar-refractivity contribution is 5.68. The van der Waals surface area contributed by atoms with Crippen LogP contribution in [0.4, 0.5) is 5.69 Å². The maximum absolute atomic E-state index is 10.7. The van der Waals surface area contributed by atoms with Gasteiger partial charge in [0.15, 0.2) is 6.61 Å². The van der Waals surface area contributed by atoms with E-state index in [2.05, 4.69) is 0 Å². The summed E-state index contributed by atoms with van der Waals surface area (Å²) < 4.78 is 5.07. The largest absolute Gasteiger partial charge is 0.482 e. The Kier molecular flexibility index (Phi) is 5.06. The number of nitrogens with two attached hydrogens (primary N) is 1. The number of nitro groups is 1. The number of rotatable bonds is 7. The zero-order valence-electron chi connectivity index (χ0n) is 9.67. The molecule has 0 unspecified atom stereocenters. The molecule has 3 N–H and O–H groups in total. The molecule has 1 rings (SSSR count). The van der Waals surface area contributed by atoms with Crippen molar-refractivity contribution in [2.24, 2.45) is 5.73 Å². The quantitative estimate of drug-likeness (QED) is 0.552. The van der Waals surface area contributed by atoms with E-state index in [-0.39, 0.29) is 5.69 Å². The standard InChI is InChI=1S/C11H14N2O5/c12-5-1-2-8-6-9(13(16)17)3-4-10(8)18-7-11(14)15/h3-4,6H,1-2,5,7,12H2,(H,14,15). The number of hydrogen-bond acceptors (Lipinski definition) is 5. The van der Waals surface area contributed by atoms with E-state index in [4.69, 9.17) is 15.6 Å². The van der Waals surface area contributed by atoms with Gasteiger partial charge in [0, 0.05) is 17.7 Å². The number of hydrogen-bond donors (Lipinski definition) is 2. The molecule has 0 bridgehead atoms. The first kappa shape index (κ1) is 13.9. The van der Waals surface area contributed by atoms with Crippen LogP contribution in [0.15, 0.2) is 18.2 Å². The number of nitro benzene ring substituents is 1. The molecule has 0 saturated carbocycles. The summed E-state index contributed by atoms with van der Waals surface area (Å²) in [5.41, 5.74) is 5.92. The molecule has 0 aliphatic rings. The fraction of sp³-hybridized carbons (Fsp3) is 0.364. The van der Waals surface area contributed by atoms with Crippen LogP contribution in [0.2, 0.25) is 0 Å². The first-order chi connectivity index (χ1) is 8.54. The van der Waals surface area contributed by atoms with Gasteiger partial charge in [0.05, 0.1) is 4.92 Å². The lowest BCUT2D eigenvalue weighted by Crippen LogP contribution is -2.11. The van der Waals surface area contributed by atoms with Crippen LogP contribution in [0, 0.1) is 10.1 Å². The monoisotopic (exact) mass is 254 g/mol. The third kappa shape index (κ3) is 4.02. The smallest absolute Gasteiger partial charge is 0.341 e. The third-order valence-corrected chi connectivity index (χ3v) is 2.26. The molecule has 0 heterocycles. The van der Waals surface area contributed by atoms with E-state index in [9.17, 15) is 14.9 Å². The van der Waals surface area contributed by atoms with Gasteiger partial charge >= 0.3 is 5.97 Å². The van der Waals surface area contributed by atoms with Gasteiger partial charge in [0.2, 0.25) is 0 Å². The van der Waals surface area contributed by atoms with Crippen LogP contribution in [-0.2, 0) is 11.2 Å². The number of carbonyl (C=O) groups is 1. The first-order valence-electron chi connectivity index (χ1n) is 5.36. The molecule has 0 amide bonds. The Morgan fingerprint density at radius 1 is 1.50 bits per heavy atom. The minimum Gasteiger partial charge on any atom is -0.482 e. The molecular weight excluding hydrogens is 240 g/mol. The number of benzene rings is 1. The van der Waals surface area contributed by atoms with Gasteiger partial charge in [0.1, 0.15) is 5.75 Å². The molecule has 0 fully saturated rings. The van der Waals surface area contributed by atoms with Crippen LogP contribution in [0.1, 0.15) is 12.0 Å². The molecule has 1 aromatic rings. The number of carboxylic acids is 1. The molecular formula is C11H14N2O5. The molecule has 7 nitrogen and oxygen atoms in total. The van der Waals surface area contributed by atoms with Crippen molar-refractivity contribution in [2.75, 3.05) is 13.2 Å². The summed E-state index contributed by atoms with van der Waals surface area (Å²) in [5.74, 6) is -0.755. The highest BCUT2D eigenvalue weighted by Gasteiger charge is 2.12. The number of nitrogens with zero attached hydrogens (tertiary/aromatic N) is 1. The van der Waals surface area contributed by atoms with E-state index in [1.165, 1.54) is 18.2 Å². The molecule has 0 radical (unpaired) electrons. The Morgan fingerprint density at radius 2 is 2.22 bits per heavy atom. The maximum Gasteiger partial charge on any atom is 0.341 e. The Balaban J connectivity index is 2.92. The van der Waals surface area contributed by atoms with Crippen molar-refractivity contribution in [3.8, 4) is 5.75 Å². The van der Waals surface area contributed by atoms with E-state index >= 15 is 0 Å². The lowest BCUT2D eigenvalue weighted by atomic mass is 10.1. The van der Waals surface area contributed by atoms with Crippen LogP contribution >= 0.6 is 0 Å².